The molecule has 0 aromatic carbocycles. The van der Waals surface area contributed by atoms with Crippen molar-refractivity contribution in [3.8, 4) is 0 Å². The molecule has 0 amide bonds. The number of hydrogen-bond donors (Lipinski definition) is 0. The Labute approximate surface area is 93.2 Å². The molecule has 0 N–H and O–H groups in total. The summed E-state index contributed by atoms with van der Waals surface area (Å²) >= 11 is 1.07. The van der Waals surface area contributed by atoms with Crippen molar-refractivity contribution in [2.24, 2.45) is 17.0 Å². The van der Waals surface area contributed by atoms with Crippen molar-refractivity contribution in [1.82, 2.24) is 0 Å². The SMILES string of the molecule is CC[C@@]1(N=[N+]=[N-])O[C@@H]([In])[C@H](C)[C@@H]1C. The summed E-state index contributed by atoms with van der Waals surface area (Å²) in [6.45, 7) is 6.29. The van der Waals surface area contributed by atoms with Gasteiger partial charge < -0.3 is 0 Å². The molecule has 5 heteroatoms. The van der Waals surface area contributed by atoms with Crippen LogP contribution in [0.1, 0.15) is 27.2 Å². The first-order valence-electron chi connectivity index (χ1n) is 4.57. The molecule has 0 unspecified atom stereocenters. The van der Waals surface area contributed by atoms with Crippen molar-refractivity contribution < 1.29 is 4.74 Å². The fourth-order valence-electron chi connectivity index (χ4n) is 1.81. The molecule has 0 bridgehead atoms. The van der Waals surface area contributed by atoms with Crippen molar-refractivity contribution in [2.75, 3.05) is 0 Å². The molecule has 70 valence electrons. The maximum atomic E-state index is 8.50. The number of azide groups is 1. The van der Waals surface area contributed by atoms with Gasteiger partial charge in [-0.05, 0) is 0 Å². The Morgan fingerprint density at radius 3 is 2.54 bits per heavy atom. The van der Waals surface area contributed by atoms with Gasteiger partial charge in [-0.25, -0.2) is 0 Å². The summed E-state index contributed by atoms with van der Waals surface area (Å²) < 4.78 is 6.11. The topological polar surface area (TPSA) is 58.0 Å². The van der Waals surface area contributed by atoms with Gasteiger partial charge in [0.1, 0.15) is 0 Å². The fraction of sp³-hybridized carbons (Fsp3) is 1.00. The van der Waals surface area contributed by atoms with Gasteiger partial charge in [0, 0.05) is 0 Å². The second-order valence-electron chi connectivity index (χ2n) is 3.62. The van der Waals surface area contributed by atoms with E-state index in [0.29, 0.717) is 15.7 Å². The van der Waals surface area contributed by atoms with Crippen LogP contribution >= 0.6 is 0 Å². The molecule has 0 aromatic rings. The van der Waals surface area contributed by atoms with Crippen LogP contribution in [-0.2, 0) is 4.74 Å². The molecule has 2 radical (unpaired) electrons. The molecule has 0 saturated carbocycles. The third kappa shape index (κ3) is 1.83. The van der Waals surface area contributed by atoms with Gasteiger partial charge in [-0.3, -0.25) is 0 Å². The van der Waals surface area contributed by atoms with Gasteiger partial charge in [0.15, 0.2) is 0 Å². The zero-order chi connectivity index (χ0) is 10.1. The van der Waals surface area contributed by atoms with Crippen molar-refractivity contribution in [3.63, 3.8) is 0 Å². The second-order valence-corrected chi connectivity index (χ2v) is 5.49. The summed E-state index contributed by atoms with van der Waals surface area (Å²) in [5, 5.41) is 3.83. The molecule has 1 rings (SSSR count). The molecule has 1 aliphatic heterocycles. The van der Waals surface area contributed by atoms with Crippen LogP contribution in [0.15, 0.2) is 5.11 Å². The first-order chi connectivity index (χ1) is 6.07. The van der Waals surface area contributed by atoms with E-state index in [0.717, 1.165) is 30.8 Å². The van der Waals surface area contributed by atoms with Crippen LogP contribution in [0.2, 0.25) is 0 Å². The Kier molecular flexibility index (Phi) is 3.55. The van der Waals surface area contributed by atoms with E-state index in [1.807, 2.05) is 6.92 Å². The number of nitrogens with zero attached hydrogens (tertiary/aromatic N) is 3. The van der Waals surface area contributed by atoms with Gasteiger partial charge in [-0.1, -0.05) is 0 Å². The van der Waals surface area contributed by atoms with E-state index in [-0.39, 0.29) is 0 Å². The average Bonchev–Trinajstić information content (AvgIpc) is 2.32. The Morgan fingerprint density at radius 1 is 1.62 bits per heavy atom. The molecule has 4 atom stereocenters. The van der Waals surface area contributed by atoms with E-state index in [9.17, 15) is 0 Å². The monoisotopic (exact) mass is 283 g/mol. The first-order valence-corrected chi connectivity index (χ1v) is 6.47. The third-order valence-corrected chi connectivity index (χ3v) is 5.20. The summed E-state index contributed by atoms with van der Waals surface area (Å²) in [4.78, 5) is 2.89. The first kappa shape index (κ1) is 11.2. The predicted molar refractivity (Wildman–Crippen MR) is 51.1 cm³/mol. The zero-order valence-electron chi connectivity index (χ0n) is 8.27. The minimum atomic E-state index is -0.571. The third-order valence-electron chi connectivity index (χ3n) is 3.08. The van der Waals surface area contributed by atoms with Gasteiger partial charge in [0.05, 0.1) is 0 Å². The standard InChI is InChI=1S/C8H14N3O.In/c1-4-8(10-11-9)7(3)6(2)5-12-8;/h5-7H,4H2,1-3H3;/t6-,7-,8+;/m0./s1. The predicted octanol–water partition coefficient (Wildman–Crippen LogP) is 2.20. The van der Waals surface area contributed by atoms with Gasteiger partial charge in [-0.2, -0.15) is 0 Å². The van der Waals surface area contributed by atoms with Crippen LogP contribution in [0.4, 0.5) is 0 Å². The molecule has 1 heterocycles. The van der Waals surface area contributed by atoms with Crippen LogP contribution in [0, 0.1) is 11.8 Å². The van der Waals surface area contributed by atoms with Crippen LogP contribution in [0.5, 0.6) is 0 Å². The molecule has 0 aliphatic carbocycles. The molecule has 0 spiro atoms. The molecule has 0 aromatic heterocycles. The van der Waals surface area contributed by atoms with Crippen LogP contribution < -0.4 is 0 Å². The van der Waals surface area contributed by atoms with E-state index in [4.69, 9.17) is 10.3 Å². The molecule has 4 nitrogen and oxygen atoms in total. The number of rotatable bonds is 2. The summed E-state index contributed by atoms with van der Waals surface area (Å²) in [6.07, 6.45) is 0.764. The van der Waals surface area contributed by atoms with Crippen LogP contribution in [-0.4, -0.2) is 34.0 Å². The van der Waals surface area contributed by atoms with Crippen LogP contribution in [0.3, 0.4) is 0 Å². The zero-order valence-corrected chi connectivity index (χ0v) is 11.6. The van der Waals surface area contributed by atoms with E-state index >= 15 is 0 Å². The van der Waals surface area contributed by atoms with Gasteiger partial charge in [0.25, 0.3) is 0 Å². The molecular formula is C8H14InN3O. The molecule has 13 heavy (non-hydrogen) atoms. The Hall–Kier alpha value is 0.140. The summed E-state index contributed by atoms with van der Waals surface area (Å²) in [5.74, 6) is 0.835. The molecule has 1 saturated heterocycles. The molecular weight excluding hydrogens is 269 g/mol. The van der Waals surface area contributed by atoms with Gasteiger partial charge >= 0.3 is 93.3 Å². The number of ether oxygens (including phenoxy) is 1. The normalized spacial score (nSPS) is 44.4. The van der Waals surface area contributed by atoms with Crippen molar-refractivity contribution in [3.05, 3.63) is 10.4 Å². The van der Waals surface area contributed by atoms with Gasteiger partial charge in [-0.15, -0.1) is 0 Å². The van der Waals surface area contributed by atoms with Crippen molar-refractivity contribution >= 4 is 24.4 Å². The van der Waals surface area contributed by atoms with Crippen molar-refractivity contribution in [2.45, 2.75) is 36.8 Å². The quantitative estimate of drug-likeness (QED) is 0.435. The molecule has 1 aliphatic rings. The van der Waals surface area contributed by atoms with Crippen molar-refractivity contribution in [1.29, 1.82) is 0 Å². The Morgan fingerprint density at radius 2 is 2.23 bits per heavy atom. The molecule has 1 fully saturated rings. The average molecular weight is 283 g/mol. The number of hydrogen-bond acceptors (Lipinski definition) is 2. The van der Waals surface area contributed by atoms with E-state index in [1.165, 1.54) is 0 Å². The van der Waals surface area contributed by atoms with E-state index in [2.05, 4.69) is 23.9 Å². The fourth-order valence-corrected chi connectivity index (χ4v) is 3.44. The van der Waals surface area contributed by atoms with Gasteiger partial charge in [0.2, 0.25) is 0 Å². The summed E-state index contributed by atoms with van der Waals surface area (Å²) in [7, 11) is 0. The maximum absolute atomic E-state index is 8.50. The Balaban J connectivity index is 2.95. The Bertz CT molecular complexity index is 242. The second kappa shape index (κ2) is 4.11. The van der Waals surface area contributed by atoms with E-state index < -0.39 is 5.72 Å². The summed E-state index contributed by atoms with van der Waals surface area (Å²) in [6, 6.07) is 0. The van der Waals surface area contributed by atoms with Crippen LogP contribution in [0.25, 0.3) is 10.4 Å². The summed E-state index contributed by atoms with van der Waals surface area (Å²) in [5.41, 5.74) is 7.93. The minimum absolute atomic E-state index is 0.311. The van der Waals surface area contributed by atoms with E-state index in [1.54, 1.807) is 0 Å².